The molecule has 0 aliphatic rings. The molecule has 0 atom stereocenters. The van der Waals surface area contributed by atoms with Crippen molar-refractivity contribution in [2.24, 2.45) is 0 Å². The molecule has 23 heavy (non-hydrogen) atoms. The lowest BCUT2D eigenvalue weighted by Crippen LogP contribution is -2.10. The van der Waals surface area contributed by atoms with E-state index in [0.717, 1.165) is 5.56 Å². The molecule has 0 aliphatic carbocycles. The Morgan fingerprint density at radius 1 is 1.00 bits per heavy atom. The summed E-state index contributed by atoms with van der Waals surface area (Å²) in [6.07, 6.45) is 0.673. The monoisotopic (exact) mass is 356 g/mol. The van der Waals surface area contributed by atoms with E-state index in [0.29, 0.717) is 22.9 Å². The number of ether oxygens (including phenoxy) is 2. The number of hydrogen-bond donors (Lipinski definition) is 0. The highest BCUT2D eigenvalue weighted by Gasteiger charge is 2.19. The predicted molar refractivity (Wildman–Crippen MR) is 88.2 cm³/mol. The summed E-state index contributed by atoms with van der Waals surface area (Å²) in [7, 11) is -1.08. The van der Waals surface area contributed by atoms with Crippen LogP contribution in [0.25, 0.3) is 0 Å². The Hall–Kier alpha value is -1.92. The van der Waals surface area contributed by atoms with Crippen molar-refractivity contribution in [2.45, 2.75) is 18.2 Å². The van der Waals surface area contributed by atoms with Crippen LogP contribution in [-0.2, 0) is 16.5 Å². The van der Waals surface area contributed by atoms with E-state index >= 15 is 0 Å². The van der Waals surface area contributed by atoms with Crippen LogP contribution in [0.1, 0.15) is 12.5 Å². The van der Waals surface area contributed by atoms with Crippen molar-refractivity contribution in [3.8, 4) is 17.2 Å². The molecular weight excluding hydrogens is 340 g/mol. The number of aryl methyl sites for hydroxylation is 1. The molecule has 0 radical (unpaired) electrons. The van der Waals surface area contributed by atoms with Gasteiger partial charge in [0.25, 0.3) is 0 Å². The first kappa shape index (κ1) is 17.4. The summed E-state index contributed by atoms with van der Waals surface area (Å²) in [6, 6.07) is 8.99. The van der Waals surface area contributed by atoms with Gasteiger partial charge in [-0.3, -0.25) is 0 Å². The number of halogens is 1. The molecule has 0 N–H and O–H groups in total. The van der Waals surface area contributed by atoms with E-state index in [1.54, 1.807) is 12.1 Å². The van der Waals surface area contributed by atoms with Gasteiger partial charge < -0.3 is 13.7 Å². The molecule has 0 unspecified atom stereocenters. The molecule has 0 aliphatic heterocycles. The minimum absolute atomic E-state index is 0.0249. The van der Waals surface area contributed by atoms with Crippen LogP contribution in [0, 0.1) is 0 Å². The highest BCUT2D eigenvalue weighted by atomic mass is 35.5. The zero-order valence-corrected chi connectivity index (χ0v) is 14.6. The minimum atomic E-state index is -3.99. The minimum Gasteiger partial charge on any atom is -0.493 e. The summed E-state index contributed by atoms with van der Waals surface area (Å²) in [4.78, 5) is -0.0249. The smallest absolute Gasteiger partial charge is 0.339 e. The average molecular weight is 357 g/mol. The second kappa shape index (κ2) is 7.10. The van der Waals surface area contributed by atoms with Crippen molar-refractivity contribution in [2.75, 3.05) is 14.2 Å². The van der Waals surface area contributed by atoms with Crippen molar-refractivity contribution in [3.63, 3.8) is 0 Å². The fourth-order valence-electron chi connectivity index (χ4n) is 2.02. The van der Waals surface area contributed by atoms with Gasteiger partial charge in [-0.1, -0.05) is 18.5 Å². The first-order valence-corrected chi connectivity index (χ1v) is 8.64. The van der Waals surface area contributed by atoms with E-state index in [9.17, 15) is 8.42 Å². The second-order valence-electron chi connectivity index (χ2n) is 4.66. The number of benzene rings is 2. The van der Waals surface area contributed by atoms with Gasteiger partial charge in [-0.25, -0.2) is 0 Å². The zero-order valence-electron chi connectivity index (χ0n) is 13.0. The molecular formula is C16H17ClO5S. The standard InChI is InChI=1S/C16H17ClO5S/c1-4-11-9-12(5-7-14(11)17)22-23(18,19)13-6-8-15(20-2)16(10-13)21-3/h5-10H,4H2,1-3H3. The predicted octanol–water partition coefficient (Wildman–Crippen LogP) is 3.69. The van der Waals surface area contributed by atoms with Gasteiger partial charge in [0, 0.05) is 11.1 Å². The van der Waals surface area contributed by atoms with Crippen molar-refractivity contribution < 1.29 is 22.1 Å². The van der Waals surface area contributed by atoms with E-state index < -0.39 is 10.1 Å². The van der Waals surface area contributed by atoms with Crippen LogP contribution in [0.4, 0.5) is 0 Å². The molecule has 2 aromatic carbocycles. The first-order valence-electron chi connectivity index (χ1n) is 6.86. The van der Waals surface area contributed by atoms with Crippen LogP contribution < -0.4 is 13.7 Å². The summed E-state index contributed by atoms with van der Waals surface area (Å²) in [5.41, 5.74) is 0.812. The van der Waals surface area contributed by atoms with Crippen molar-refractivity contribution in [1.82, 2.24) is 0 Å². The largest absolute Gasteiger partial charge is 0.493 e. The van der Waals surface area contributed by atoms with Crippen LogP contribution >= 0.6 is 11.6 Å². The van der Waals surface area contributed by atoms with E-state index in [2.05, 4.69) is 0 Å². The van der Waals surface area contributed by atoms with E-state index in [1.807, 2.05) is 6.92 Å². The Labute approximate surface area is 140 Å². The van der Waals surface area contributed by atoms with E-state index in [4.69, 9.17) is 25.3 Å². The zero-order chi connectivity index (χ0) is 17.0. The van der Waals surface area contributed by atoms with Gasteiger partial charge in [-0.05, 0) is 42.3 Å². The molecule has 0 aromatic heterocycles. The van der Waals surface area contributed by atoms with E-state index in [-0.39, 0.29) is 10.6 Å². The molecule has 0 saturated carbocycles. The van der Waals surface area contributed by atoms with Crippen LogP contribution in [0.2, 0.25) is 5.02 Å². The lowest BCUT2D eigenvalue weighted by Gasteiger charge is -2.11. The third-order valence-corrected chi connectivity index (χ3v) is 4.86. The lowest BCUT2D eigenvalue weighted by atomic mass is 10.2. The normalized spacial score (nSPS) is 11.1. The molecule has 0 amide bonds. The average Bonchev–Trinajstić information content (AvgIpc) is 2.55. The van der Waals surface area contributed by atoms with Crippen LogP contribution in [0.5, 0.6) is 17.2 Å². The highest BCUT2D eigenvalue weighted by Crippen LogP contribution is 2.31. The first-order chi connectivity index (χ1) is 10.9. The maximum absolute atomic E-state index is 12.4. The van der Waals surface area contributed by atoms with Crippen molar-refractivity contribution in [1.29, 1.82) is 0 Å². The molecule has 0 heterocycles. The summed E-state index contributed by atoms with van der Waals surface area (Å²) in [6.45, 7) is 1.92. The molecule has 0 spiro atoms. The van der Waals surface area contributed by atoms with Gasteiger partial charge in [-0.15, -0.1) is 0 Å². The summed E-state index contributed by atoms with van der Waals surface area (Å²) in [5.74, 6) is 0.953. The molecule has 124 valence electrons. The molecule has 0 saturated heterocycles. The molecule has 5 nitrogen and oxygen atoms in total. The quantitative estimate of drug-likeness (QED) is 0.739. The summed E-state index contributed by atoms with van der Waals surface area (Å²) >= 11 is 6.02. The van der Waals surface area contributed by atoms with Gasteiger partial charge in [0.2, 0.25) is 0 Å². The van der Waals surface area contributed by atoms with Gasteiger partial charge in [-0.2, -0.15) is 8.42 Å². The Bertz CT molecular complexity index is 802. The highest BCUT2D eigenvalue weighted by molar-refractivity contribution is 7.87. The van der Waals surface area contributed by atoms with Gasteiger partial charge >= 0.3 is 10.1 Å². The summed E-state index contributed by atoms with van der Waals surface area (Å²) in [5, 5.41) is 0.573. The van der Waals surface area contributed by atoms with Crippen molar-refractivity contribution in [3.05, 3.63) is 47.0 Å². The van der Waals surface area contributed by atoms with Crippen molar-refractivity contribution >= 4 is 21.7 Å². The third kappa shape index (κ3) is 3.89. The topological polar surface area (TPSA) is 61.8 Å². The number of methoxy groups -OCH3 is 2. The van der Waals surface area contributed by atoms with Gasteiger partial charge in [0.05, 0.1) is 14.2 Å². The Morgan fingerprint density at radius 3 is 2.30 bits per heavy atom. The van der Waals surface area contributed by atoms with Crippen LogP contribution in [-0.4, -0.2) is 22.6 Å². The Balaban J connectivity index is 2.35. The second-order valence-corrected chi connectivity index (χ2v) is 6.61. The fraction of sp³-hybridized carbons (Fsp3) is 0.250. The number of hydrogen-bond acceptors (Lipinski definition) is 5. The number of rotatable bonds is 6. The lowest BCUT2D eigenvalue weighted by molar-refractivity contribution is 0.353. The molecule has 0 fully saturated rings. The SMILES string of the molecule is CCc1cc(OS(=O)(=O)c2ccc(OC)c(OC)c2)ccc1Cl. The van der Waals surface area contributed by atoms with Gasteiger partial charge in [0.1, 0.15) is 10.6 Å². The summed E-state index contributed by atoms with van der Waals surface area (Å²) < 4.78 is 40.2. The van der Waals surface area contributed by atoms with Crippen LogP contribution in [0.3, 0.4) is 0 Å². The maximum atomic E-state index is 12.4. The fourth-order valence-corrected chi connectivity index (χ4v) is 3.21. The molecule has 2 aromatic rings. The van der Waals surface area contributed by atoms with Crippen LogP contribution in [0.15, 0.2) is 41.3 Å². The maximum Gasteiger partial charge on any atom is 0.339 e. The molecule has 7 heteroatoms. The third-order valence-electron chi connectivity index (χ3n) is 3.25. The van der Waals surface area contributed by atoms with E-state index in [1.165, 1.54) is 38.5 Å². The Morgan fingerprint density at radius 2 is 1.70 bits per heavy atom. The Kier molecular flexibility index (Phi) is 5.38. The van der Waals surface area contributed by atoms with Gasteiger partial charge in [0.15, 0.2) is 11.5 Å². The molecule has 0 bridgehead atoms. The molecule has 2 rings (SSSR count).